The van der Waals surface area contributed by atoms with Crippen molar-refractivity contribution >= 4 is 38.7 Å². The molecule has 0 saturated carbocycles. The molecule has 0 aliphatic carbocycles. The Balaban J connectivity index is 2.10. The first-order chi connectivity index (χ1) is 10.0. The number of Topliss-reactive ketones (excluding diaryl/α,β-unsaturated/α-hetero) is 1. The molecule has 2 rings (SSSR count). The van der Waals surface area contributed by atoms with E-state index in [4.69, 9.17) is 9.47 Å². The fourth-order valence-corrected chi connectivity index (χ4v) is 3.13. The predicted octanol–water partition coefficient (Wildman–Crippen LogP) is 3.69. The molecule has 0 saturated heterocycles. The SMILES string of the molecule is COc1ccc(OCC(=O)c2sccc2Br)cc1[N+](=O)[O-]. The van der Waals surface area contributed by atoms with Crippen LogP contribution in [0.5, 0.6) is 11.5 Å². The normalized spacial score (nSPS) is 10.2. The topological polar surface area (TPSA) is 78.7 Å². The Morgan fingerprint density at radius 3 is 2.76 bits per heavy atom. The van der Waals surface area contributed by atoms with Gasteiger partial charge in [0.05, 0.1) is 23.0 Å². The highest BCUT2D eigenvalue weighted by Crippen LogP contribution is 2.31. The first kappa shape index (κ1) is 15.5. The molecule has 1 aromatic carbocycles. The first-order valence-corrected chi connectivity index (χ1v) is 7.41. The number of ether oxygens (including phenoxy) is 2. The Labute approximate surface area is 132 Å². The minimum atomic E-state index is -0.566. The van der Waals surface area contributed by atoms with Crippen LogP contribution in [-0.4, -0.2) is 24.4 Å². The number of halogens is 1. The summed E-state index contributed by atoms with van der Waals surface area (Å²) in [6.45, 7) is -0.192. The van der Waals surface area contributed by atoms with Crippen LogP contribution < -0.4 is 9.47 Å². The van der Waals surface area contributed by atoms with Crippen molar-refractivity contribution in [2.75, 3.05) is 13.7 Å². The molecule has 0 radical (unpaired) electrons. The van der Waals surface area contributed by atoms with Gasteiger partial charge in [-0.05, 0) is 39.5 Å². The van der Waals surface area contributed by atoms with Gasteiger partial charge in [-0.2, -0.15) is 0 Å². The zero-order valence-corrected chi connectivity index (χ0v) is 13.3. The first-order valence-electron chi connectivity index (χ1n) is 5.74. The fraction of sp³-hybridized carbons (Fsp3) is 0.154. The average molecular weight is 372 g/mol. The van der Waals surface area contributed by atoms with Crippen molar-refractivity contribution in [1.29, 1.82) is 0 Å². The number of benzene rings is 1. The zero-order valence-electron chi connectivity index (χ0n) is 10.9. The second-order valence-corrected chi connectivity index (χ2v) is 5.67. The summed E-state index contributed by atoms with van der Waals surface area (Å²) < 4.78 is 10.9. The summed E-state index contributed by atoms with van der Waals surface area (Å²) in [6, 6.07) is 5.95. The highest BCUT2D eigenvalue weighted by molar-refractivity contribution is 9.10. The van der Waals surface area contributed by atoms with E-state index in [0.717, 1.165) is 0 Å². The van der Waals surface area contributed by atoms with Crippen molar-refractivity contribution < 1.29 is 19.2 Å². The van der Waals surface area contributed by atoms with Crippen molar-refractivity contribution in [2.24, 2.45) is 0 Å². The van der Waals surface area contributed by atoms with E-state index in [2.05, 4.69) is 15.9 Å². The van der Waals surface area contributed by atoms with Gasteiger partial charge in [0.2, 0.25) is 5.78 Å². The lowest BCUT2D eigenvalue weighted by molar-refractivity contribution is -0.385. The van der Waals surface area contributed by atoms with Crippen LogP contribution in [0.3, 0.4) is 0 Å². The highest BCUT2D eigenvalue weighted by atomic mass is 79.9. The van der Waals surface area contributed by atoms with Gasteiger partial charge in [-0.3, -0.25) is 14.9 Å². The molecule has 0 atom stereocenters. The molecule has 1 heterocycles. The van der Waals surface area contributed by atoms with E-state index in [0.29, 0.717) is 9.35 Å². The minimum Gasteiger partial charge on any atom is -0.490 e. The summed E-state index contributed by atoms with van der Waals surface area (Å²) in [6.07, 6.45) is 0. The van der Waals surface area contributed by atoms with Gasteiger partial charge in [-0.15, -0.1) is 11.3 Å². The summed E-state index contributed by atoms with van der Waals surface area (Å²) in [7, 11) is 1.35. The van der Waals surface area contributed by atoms with E-state index >= 15 is 0 Å². The van der Waals surface area contributed by atoms with Gasteiger partial charge in [-0.1, -0.05) is 0 Å². The Kier molecular flexibility index (Phi) is 4.92. The second kappa shape index (κ2) is 6.68. The maximum atomic E-state index is 11.9. The molecule has 0 unspecified atom stereocenters. The van der Waals surface area contributed by atoms with E-state index in [1.54, 1.807) is 11.4 Å². The van der Waals surface area contributed by atoms with E-state index in [9.17, 15) is 14.9 Å². The fourth-order valence-electron chi connectivity index (χ4n) is 1.61. The van der Waals surface area contributed by atoms with E-state index in [-0.39, 0.29) is 29.6 Å². The van der Waals surface area contributed by atoms with Crippen LogP contribution >= 0.6 is 27.3 Å². The number of nitro benzene ring substituents is 1. The maximum Gasteiger partial charge on any atom is 0.314 e. The van der Waals surface area contributed by atoms with E-state index in [1.807, 2.05) is 0 Å². The largest absolute Gasteiger partial charge is 0.490 e. The number of carbonyl (C=O) groups is 1. The molecule has 0 aliphatic rings. The number of nitrogens with zero attached hydrogens (tertiary/aromatic N) is 1. The molecule has 0 spiro atoms. The number of thiophene rings is 1. The molecule has 2 aromatic rings. The monoisotopic (exact) mass is 371 g/mol. The highest BCUT2D eigenvalue weighted by Gasteiger charge is 2.17. The van der Waals surface area contributed by atoms with Crippen LogP contribution in [0.1, 0.15) is 9.67 Å². The van der Waals surface area contributed by atoms with Gasteiger partial charge in [0, 0.05) is 4.47 Å². The average Bonchev–Trinajstić information content (AvgIpc) is 2.90. The summed E-state index contributed by atoms with van der Waals surface area (Å²) in [5, 5.41) is 12.7. The molecule has 6 nitrogen and oxygen atoms in total. The number of ketones is 1. The lowest BCUT2D eigenvalue weighted by atomic mass is 10.2. The van der Waals surface area contributed by atoms with Crippen molar-refractivity contribution in [3.8, 4) is 11.5 Å². The van der Waals surface area contributed by atoms with Crippen molar-refractivity contribution in [1.82, 2.24) is 0 Å². The van der Waals surface area contributed by atoms with Crippen LogP contribution in [-0.2, 0) is 0 Å². The van der Waals surface area contributed by atoms with E-state index < -0.39 is 4.92 Å². The summed E-state index contributed by atoms with van der Waals surface area (Å²) in [5.41, 5.74) is -0.209. The van der Waals surface area contributed by atoms with Gasteiger partial charge in [0.15, 0.2) is 12.4 Å². The molecule has 1 aromatic heterocycles. The van der Waals surface area contributed by atoms with Gasteiger partial charge in [-0.25, -0.2) is 0 Å². The van der Waals surface area contributed by atoms with Crippen LogP contribution in [0.25, 0.3) is 0 Å². The summed E-state index contributed by atoms with van der Waals surface area (Å²) >= 11 is 4.57. The molecule has 0 bridgehead atoms. The molecule has 8 heteroatoms. The van der Waals surface area contributed by atoms with Gasteiger partial charge in [0.25, 0.3) is 0 Å². The Morgan fingerprint density at radius 2 is 2.19 bits per heavy atom. The number of methoxy groups -OCH3 is 1. The molecule has 110 valence electrons. The van der Waals surface area contributed by atoms with Crippen LogP contribution in [0.4, 0.5) is 5.69 Å². The lowest BCUT2D eigenvalue weighted by Crippen LogP contribution is -2.10. The van der Waals surface area contributed by atoms with Crippen LogP contribution in [0.15, 0.2) is 34.1 Å². The van der Waals surface area contributed by atoms with Gasteiger partial charge in [0.1, 0.15) is 5.75 Å². The standard InChI is InChI=1S/C13H10BrNO5S/c1-19-12-3-2-8(6-10(12)15(17)18)20-7-11(16)13-9(14)4-5-21-13/h2-6H,7H2,1H3. The van der Waals surface area contributed by atoms with Crippen molar-refractivity contribution in [2.45, 2.75) is 0 Å². The van der Waals surface area contributed by atoms with Crippen LogP contribution in [0.2, 0.25) is 0 Å². The Hall–Kier alpha value is -1.93. The van der Waals surface area contributed by atoms with Crippen LogP contribution in [0, 0.1) is 10.1 Å². The summed E-state index contributed by atoms with van der Waals surface area (Å²) in [4.78, 5) is 22.8. The summed E-state index contributed by atoms with van der Waals surface area (Å²) in [5.74, 6) is 0.179. The molecule has 0 fully saturated rings. The number of hydrogen-bond acceptors (Lipinski definition) is 6. The third-order valence-electron chi connectivity index (χ3n) is 2.59. The minimum absolute atomic E-state index is 0.139. The molecular weight excluding hydrogens is 362 g/mol. The van der Waals surface area contributed by atoms with Gasteiger partial charge >= 0.3 is 5.69 Å². The number of hydrogen-bond donors (Lipinski definition) is 0. The maximum absolute atomic E-state index is 11.9. The van der Waals surface area contributed by atoms with Gasteiger partial charge < -0.3 is 9.47 Å². The number of rotatable bonds is 6. The quantitative estimate of drug-likeness (QED) is 0.439. The Bertz CT molecular complexity index is 685. The number of carbonyl (C=O) groups excluding carboxylic acids is 1. The smallest absolute Gasteiger partial charge is 0.314 e. The molecule has 0 aliphatic heterocycles. The third kappa shape index (κ3) is 3.59. The molecule has 0 N–H and O–H groups in total. The second-order valence-electron chi connectivity index (χ2n) is 3.90. The molecule has 0 amide bonds. The molecule has 21 heavy (non-hydrogen) atoms. The Morgan fingerprint density at radius 1 is 1.43 bits per heavy atom. The third-order valence-corrected chi connectivity index (χ3v) is 4.47. The van der Waals surface area contributed by atoms with Crippen molar-refractivity contribution in [3.05, 3.63) is 49.1 Å². The van der Waals surface area contributed by atoms with Crippen molar-refractivity contribution in [3.63, 3.8) is 0 Å². The lowest BCUT2D eigenvalue weighted by Gasteiger charge is -2.07. The zero-order chi connectivity index (χ0) is 15.4. The predicted molar refractivity (Wildman–Crippen MR) is 81.5 cm³/mol. The van der Waals surface area contributed by atoms with E-state index in [1.165, 1.54) is 36.6 Å². The number of nitro groups is 1. The molecular formula is C13H10BrNO5S.